The van der Waals surface area contributed by atoms with Crippen LogP contribution >= 0.6 is 11.6 Å². The normalized spacial score (nSPS) is 20.1. The first kappa shape index (κ1) is 32.6. The number of benzene rings is 2. The van der Waals surface area contributed by atoms with Crippen LogP contribution in [0.25, 0.3) is 0 Å². The first-order valence-electron chi connectivity index (χ1n) is 13.7. The van der Waals surface area contributed by atoms with Crippen molar-refractivity contribution in [3.8, 4) is 17.2 Å². The summed E-state index contributed by atoms with van der Waals surface area (Å²) in [6.45, 7) is 3.23. The molecule has 3 aliphatic heterocycles. The fourth-order valence-electron chi connectivity index (χ4n) is 5.44. The Bertz CT molecular complexity index is 1300. The van der Waals surface area contributed by atoms with E-state index in [2.05, 4.69) is 4.90 Å². The third-order valence-corrected chi connectivity index (χ3v) is 7.97. The molecule has 1 spiro atoms. The van der Waals surface area contributed by atoms with Gasteiger partial charge in [0.1, 0.15) is 35.6 Å². The van der Waals surface area contributed by atoms with Gasteiger partial charge in [0.2, 0.25) is 0 Å². The van der Waals surface area contributed by atoms with Gasteiger partial charge in [-0.05, 0) is 42.3 Å². The summed E-state index contributed by atoms with van der Waals surface area (Å²) in [6, 6.07) is 10.3. The van der Waals surface area contributed by atoms with Gasteiger partial charge in [-0.1, -0.05) is 11.6 Å². The molecule has 10 nitrogen and oxygen atoms in total. The van der Waals surface area contributed by atoms with Gasteiger partial charge >= 0.3 is 12.1 Å². The summed E-state index contributed by atoms with van der Waals surface area (Å²) in [5.41, 5.74) is 1.33. The van der Waals surface area contributed by atoms with Crippen molar-refractivity contribution < 1.29 is 52.3 Å². The molecular weight excluding hydrogens is 597 g/mol. The third kappa shape index (κ3) is 8.43. The Labute approximate surface area is 251 Å². The van der Waals surface area contributed by atoms with Crippen LogP contribution in [-0.2, 0) is 16.0 Å². The predicted molar refractivity (Wildman–Crippen MR) is 149 cm³/mol. The summed E-state index contributed by atoms with van der Waals surface area (Å²) in [6.07, 6.45) is -2.40. The quantitative estimate of drug-likeness (QED) is 0.419. The maximum atomic E-state index is 13.0. The minimum atomic E-state index is -5.08. The molecule has 2 aromatic carbocycles. The highest BCUT2D eigenvalue weighted by molar-refractivity contribution is 6.30. The van der Waals surface area contributed by atoms with Crippen LogP contribution in [0.3, 0.4) is 0 Å². The summed E-state index contributed by atoms with van der Waals surface area (Å²) in [5.74, 6) is -1.73. The van der Waals surface area contributed by atoms with Crippen LogP contribution in [0, 0.1) is 0 Å². The fraction of sp³-hybridized carbons (Fsp3) is 0.517. The van der Waals surface area contributed by atoms with Crippen LogP contribution in [0.1, 0.15) is 35.2 Å². The molecule has 0 aromatic heterocycles. The molecule has 2 saturated heterocycles. The highest BCUT2D eigenvalue weighted by atomic mass is 35.5. The number of piperidine rings is 1. The number of aliphatic carboxylic acids is 1. The highest BCUT2D eigenvalue weighted by Crippen LogP contribution is 2.42. The molecule has 2 atom stereocenters. The van der Waals surface area contributed by atoms with E-state index in [1.807, 2.05) is 18.2 Å². The monoisotopic (exact) mass is 630 g/mol. The molecule has 5 rings (SSSR count). The van der Waals surface area contributed by atoms with E-state index in [4.69, 9.17) is 35.7 Å². The minimum absolute atomic E-state index is 0.00686. The Kier molecular flexibility index (Phi) is 10.3. The molecule has 3 heterocycles. The molecule has 14 heteroatoms. The number of aliphatic hydroxyl groups is 1. The molecule has 3 N–H and O–H groups in total. The van der Waals surface area contributed by atoms with Gasteiger partial charge in [0.15, 0.2) is 0 Å². The number of carbonyl (C=O) groups excluding carboxylic acids is 1. The number of phenolic OH excluding ortho intramolecular Hbond substituents is 1. The smallest absolute Gasteiger partial charge is 0.490 e. The van der Waals surface area contributed by atoms with Gasteiger partial charge in [0.05, 0.1) is 11.7 Å². The van der Waals surface area contributed by atoms with Crippen LogP contribution in [0.5, 0.6) is 17.2 Å². The van der Waals surface area contributed by atoms with Crippen LogP contribution in [0.2, 0.25) is 5.02 Å². The zero-order chi connectivity index (χ0) is 31.4. The lowest BCUT2D eigenvalue weighted by molar-refractivity contribution is -0.192. The van der Waals surface area contributed by atoms with Gasteiger partial charge in [-0.25, -0.2) is 4.79 Å². The van der Waals surface area contributed by atoms with E-state index in [1.165, 1.54) is 12.1 Å². The van der Waals surface area contributed by atoms with E-state index in [0.717, 1.165) is 55.1 Å². The number of nitrogens with zero attached hydrogens (tertiary/aromatic N) is 2. The molecule has 0 aliphatic carbocycles. The third-order valence-electron chi connectivity index (χ3n) is 7.73. The van der Waals surface area contributed by atoms with E-state index < -0.39 is 18.2 Å². The molecule has 0 radical (unpaired) electrons. The first-order valence-corrected chi connectivity index (χ1v) is 14.1. The number of rotatable bonds is 7. The lowest BCUT2D eigenvalue weighted by Crippen LogP contribution is -2.49. The summed E-state index contributed by atoms with van der Waals surface area (Å²) < 4.78 is 49.3. The Morgan fingerprint density at radius 2 is 1.86 bits per heavy atom. The number of amides is 1. The second-order valence-electron chi connectivity index (χ2n) is 10.9. The van der Waals surface area contributed by atoms with E-state index in [9.17, 15) is 28.2 Å². The van der Waals surface area contributed by atoms with Gasteiger partial charge < -0.3 is 39.3 Å². The van der Waals surface area contributed by atoms with Gasteiger partial charge in [0, 0.05) is 70.2 Å². The van der Waals surface area contributed by atoms with Crippen molar-refractivity contribution in [2.24, 2.45) is 0 Å². The van der Waals surface area contributed by atoms with Crippen molar-refractivity contribution in [2.75, 3.05) is 46.4 Å². The first-order chi connectivity index (χ1) is 20.3. The number of aromatic hydroxyl groups is 1. The van der Waals surface area contributed by atoms with Crippen molar-refractivity contribution in [1.82, 2.24) is 9.80 Å². The van der Waals surface area contributed by atoms with Crippen LogP contribution in [-0.4, -0.2) is 107 Å². The minimum Gasteiger partial charge on any atom is -0.508 e. The van der Waals surface area contributed by atoms with Gasteiger partial charge in [-0.2, -0.15) is 13.2 Å². The second kappa shape index (κ2) is 13.6. The summed E-state index contributed by atoms with van der Waals surface area (Å²) in [5, 5.41) is 28.5. The summed E-state index contributed by atoms with van der Waals surface area (Å²) in [4.78, 5) is 25.9. The van der Waals surface area contributed by atoms with Crippen molar-refractivity contribution >= 4 is 23.5 Å². The number of hydrogen-bond donors (Lipinski definition) is 3. The number of β-amino-alcohol motifs (C(OH)–C–C–N with tert-alkyl or cyclic N) is 1. The van der Waals surface area contributed by atoms with Crippen LogP contribution < -0.4 is 9.47 Å². The molecule has 236 valence electrons. The Balaban J connectivity index is 0.000000541. The Morgan fingerprint density at radius 3 is 2.49 bits per heavy atom. The fourth-order valence-corrected chi connectivity index (χ4v) is 5.64. The van der Waals surface area contributed by atoms with E-state index >= 15 is 0 Å². The molecule has 0 bridgehead atoms. The lowest BCUT2D eigenvalue weighted by atomic mass is 9.87. The maximum Gasteiger partial charge on any atom is 0.490 e. The SMILES string of the molecule is CO[C@H]1CCN(C(=O)c2ccc(O)cc2OC[C@@H](O)CN2CCC3(CC2)Cc2cc(Cl)ccc2O3)C1.O=C(O)C(F)(F)F. The lowest BCUT2D eigenvalue weighted by Gasteiger charge is -2.39. The molecule has 0 saturated carbocycles. The standard InChI is InChI=1S/C27H33ClN2O6.C2HF3O2/c1-34-22-6-9-30(16-22)26(33)23-4-3-20(31)13-25(23)35-17-21(32)15-29-10-7-27(8-11-29)14-18-12-19(28)2-5-24(18)36-27;3-2(4,5)1(6)7/h2-5,12-13,21-22,31-32H,6-11,14-17H2,1H3;(H,6,7)/t21-,22-;/m0./s1. The number of alkyl halides is 3. The zero-order valence-electron chi connectivity index (χ0n) is 23.5. The number of phenols is 1. The molecular formula is C29H34ClF3N2O8. The second-order valence-corrected chi connectivity index (χ2v) is 11.3. The van der Waals surface area contributed by atoms with Crippen LogP contribution in [0.15, 0.2) is 36.4 Å². The number of halogens is 4. The zero-order valence-corrected chi connectivity index (χ0v) is 24.2. The largest absolute Gasteiger partial charge is 0.508 e. The molecule has 2 fully saturated rings. The number of likely N-dealkylation sites (tertiary alicyclic amines) is 2. The number of methoxy groups -OCH3 is 1. The highest BCUT2D eigenvalue weighted by Gasteiger charge is 2.42. The maximum absolute atomic E-state index is 13.0. The number of carboxylic acids is 1. The molecule has 2 aromatic rings. The topological polar surface area (TPSA) is 129 Å². The van der Waals surface area contributed by atoms with E-state index in [-0.39, 0.29) is 35.7 Å². The van der Waals surface area contributed by atoms with Gasteiger partial charge in [0.25, 0.3) is 5.91 Å². The van der Waals surface area contributed by atoms with Gasteiger partial charge in [-0.15, -0.1) is 0 Å². The number of ether oxygens (including phenoxy) is 3. The van der Waals surface area contributed by atoms with Crippen LogP contribution in [0.4, 0.5) is 13.2 Å². The van der Waals surface area contributed by atoms with Crippen molar-refractivity contribution in [3.63, 3.8) is 0 Å². The molecule has 0 unspecified atom stereocenters. The average molecular weight is 631 g/mol. The number of hydrogen-bond acceptors (Lipinski definition) is 8. The van der Waals surface area contributed by atoms with E-state index in [0.29, 0.717) is 25.2 Å². The molecule has 3 aliphatic rings. The van der Waals surface area contributed by atoms with Crippen molar-refractivity contribution in [2.45, 2.75) is 49.7 Å². The number of aliphatic hydroxyl groups excluding tert-OH is 1. The van der Waals surface area contributed by atoms with Gasteiger partial charge in [-0.3, -0.25) is 4.79 Å². The number of carbonyl (C=O) groups is 2. The van der Waals surface area contributed by atoms with Crippen molar-refractivity contribution in [1.29, 1.82) is 0 Å². The number of fused-ring (bicyclic) bond motifs is 1. The average Bonchev–Trinajstić information content (AvgIpc) is 3.57. The predicted octanol–water partition coefficient (Wildman–Crippen LogP) is 3.75. The summed E-state index contributed by atoms with van der Waals surface area (Å²) in [7, 11) is 1.65. The number of carboxylic acid groups (broad SMARTS) is 1. The van der Waals surface area contributed by atoms with E-state index in [1.54, 1.807) is 18.1 Å². The summed E-state index contributed by atoms with van der Waals surface area (Å²) >= 11 is 6.14. The molecule has 43 heavy (non-hydrogen) atoms. The Morgan fingerprint density at radius 1 is 1.16 bits per heavy atom. The molecule has 1 amide bonds. The van der Waals surface area contributed by atoms with Crippen molar-refractivity contribution in [3.05, 3.63) is 52.5 Å². The Hall–Kier alpha value is -3.26.